The van der Waals surface area contributed by atoms with Crippen LogP contribution in [-0.2, 0) is 11.2 Å². The average molecular weight is 343 g/mol. The molecule has 0 saturated carbocycles. The summed E-state index contributed by atoms with van der Waals surface area (Å²) in [4.78, 5) is 11.9. The Morgan fingerprint density at radius 2 is 1.72 bits per heavy atom. The fourth-order valence-electron chi connectivity index (χ4n) is 2.52. The van der Waals surface area contributed by atoms with Crippen LogP contribution in [-0.4, -0.2) is 33.3 Å². The first-order chi connectivity index (χ1) is 12.1. The number of carbonyl (C=O) groups is 1. The molecule has 0 unspecified atom stereocenters. The first-order valence-electron chi connectivity index (χ1n) is 8.30. The number of aryl methyl sites for hydroxylation is 1. The Morgan fingerprint density at radius 3 is 2.44 bits per heavy atom. The van der Waals surface area contributed by atoms with Gasteiger partial charge in [-0.3, -0.25) is 4.79 Å². The van der Waals surface area contributed by atoms with Crippen LogP contribution in [0.2, 0.25) is 0 Å². The van der Waals surface area contributed by atoms with Crippen LogP contribution in [0.15, 0.2) is 42.5 Å². The predicted molar refractivity (Wildman–Crippen MR) is 97.6 cm³/mol. The standard InChI is InChI=1S/C20H25NO4/c1-15-8-9-17(23-2)16(14-15)10-12-21-20(22)11-13-25-19-7-5-4-6-18(19)24-3/h4-9,14H,10-13H2,1-3H3,(H,21,22). The van der Waals surface area contributed by atoms with Gasteiger partial charge < -0.3 is 19.5 Å². The smallest absolute Gasteiger partial charge is 0.223 e. The van der Waals surface area contributed by atoms with E-state index >= 15 is 0 Å². The minimum absolute atomic E-state index is 0.0403. The molecule has 2 aromatic carbocycles. The van der Waals surface area contributed by atoms with Crippen molar-refractivity contribution >= 4 is 5.91 Å². The van der Waals surface area contributed by atoms with E-state index < -0.39 is 0 Å². The number of nitrogens with one attached hydrogen (secondary N) is 1. The number of benzene rings is 2. The molecule has 5 heteroatoms. The molecule has 0 spiro atoms. The summed E-state index contributed by atoms with van der Waals surface area (Å²) < 4.78 is 16.2. The zero-order valence-corrected chi connectivity index (χ0v) is 15.0. The molecule has 25 heavy (non-hydrogen) atoms. The van der Waals surface area contributed by atoms with Crippen molar-refractivity contribution in [2.75, 3.05) is 27.4 Å². The van der Waals surface area contributed by atoms with Crippen molar-refractivity contribution in [2.24, 2.45) is 0 Å². The lowest BCUT2D eigenvalue weighted by Crippen LogP contribution is -2.27. The third kappa shape index (κ3) is 5.71. The van der Waals surface area contributed by atoms with Crippen molar-refractivity contribution in [3.05, 3.63) is 53.6 Å². The largest absolute Gasteiger partial charge is 0.496 e. The van der Waals surface area contributed by atoms with Crippen molar-refractivity contribution in [1.29, 1.82) is 0 Å². The summed E-state index contributed by atoms with van der Waals surface area (Å²) in [6.07, 6.45) is 1.02. The van der Waals surface area contributed by atoms with Crippen LogP contribution >= 0.6 is 0 Å². The summed E-state index contributed by atoms with van der Waals surface area (Å²) in [5, 5.41) is 2.91. The molecule has 1 amide bonds. The SMILES string of the molecule is COc1ccc(C)cc1CCNC(=O)CCOc1ccccc1OC. The number of rotatable bonds is 9. The van der Waals surface area contributed by atoms with Crippen molar-refractivity contribution in [3.8, 4) is 17.2 Å². The number of hydrogen-bond donors (Lipinski definition) is 1. The summed E-state index contributed by atoms with van der Waals surface area (Å²) in [7, 11) is 3.25. The second-order valence-corrected chi connectivity index (χ2v) is 5.66. The average Bonchev–Trinajstić information content (AvgIpc) is 2.62. The zero-order valence-electron chi connectivity index (χ0n) is 15.0. The van der Waals surface area contributed by atoms with Gasteiger partial charge >= 0.3 is 0 Å². The van der Waals surface area contributed by atoms with Crippen molar-refractivity contribution in [2.45, 2.75) is 19.8 Å². The molecule has 0 aromatic heterocycles. The molecule has 2 aromatic rings. The topological polar surface area (TPSA) is 56.8 Å². The lowest BCUT2D eigenvalue weighted by atomic mass is 10.1. The number of ether oxygens (including phenoxy) is 3. The number of amides is 1. The summed E-state index contributed by atoms with van der Waals surface area (Å²) in [5.41, 5.74) is 2.26. The summed E-state index contributed by atoms with van der Waals surface area (Å²) in [6.45, 7) is 2.91. The summed E-state index contributed by atoms with van der Waals surface area (Å²) >= 11 is 0. The van der Waals surface area contributed by atoms with Crippen molar-refractivity contribution in [3.63, 3.8) is 0 Å². The third-order valence-electron chi connectivity index (χ3n) is 3.81. The molecule has 0 bridgehead atoms. The highest BCUT2D eigenvalue weighted by molar-refractivity contribution is 5.76. The van der Waals surface area contributed by atoms with E-state index in [2.05, 4.69) is 11.4 Å². The molecule has 2 rings (SSSR count). The summed E-state index contributed by atoms with van der Waals surface area (Å²) in [5.74, 6) is 2.11. The van der Waals surface area contributed by atoms with Crippen molar-refractivity contribution in [1.82, 2.24) is 5.32 Å². The molecule has 0 aliphatic carbocycles. The lowest BCUT2D eigenvalue weighted by Gasteiger charge is -2.11. The van der Waals surface area contributed by atoms with E-state index in [0.717, 1.165) is 17.7 Å². The Balaban J connectivity index is 1.73. The van der Waals surface area contributed by atoms with E-state index in [9.17, 15) is 4.79 Å². The third-order valence-corrected chi connectivity index (χ3v) is 3.81. The molecular formula is C20H25NO4. The van der Waals surface area contributed by atoms with Gasteiger partial charge in [-0.2, -0.15) is 0 Å². The van der Waals surface area contributed by atoms with E-state index in [0.29, 0.717) is 31.1 Å². The van der Waals surface area contributed by atoms with Gasteiger partial charge in [0.15, 0.2) is 11.5 Å². The Labute approximate surface area is 148 Å². The molecule has 0 atom stereocenters. The fraction of sp³-hybridized carbons (Fsp3) is 0.350. The molecular weight excluding hydrogens is 318 g/mol. The van der Waals surface area contributed by atoms with Crippen LogP contribution in [0.3, 0.4) is 0 Å². The molecule has 0 heterocycles. The molecule has 0 fully saturated rings. The number of carbonyl (C=O) groups excluding carboxylic acids is 1. The maximum atomic E-state index is 11.9. The highest BCUT2D eigenvalue weighted by Gasteiger charge is 2.07. The molecule has 0 aliphatic heterocycles. The van der Waals surface area contributed by atoms with Gasteiger partial charge in [0, 0.05) is 6.54 Å². The van der Waals surface area contributed by atoms with Crippen LogP contribution in [0.5, 0.6) is 17.2 Å². The minimum atomic E-state index is -0.0403. The number of hydrogen-bond acceptors (Lipinski definition) is 4. The van der Waals surface area contributed by atoms with Gasteiger partial charge in [-0.1, -0.05) is 29.8 Å². The first-order valence-corrected chi connectivity index (χ1v) is 8.30. The van der Waals surface area contributed by atoms with Crippen molar-refractivity contribution < 1.29 is 19.0 Å². The lowest BCUT2D eigenvalue weighted by molar-refractivity contribution is -0.121. The van der Waals surface area contributed by atoms with E-state index in [-0.39, 0.29) is 5.91 Å². The second-order valence-electron chi connectivity index (χ2n) is 5.66. The number of para-hydroxylation sites is 2. The molecule has 0 saturated heterocycles. The zero-order chi connectivity index (χ0) is 18.1. The van der Waals surface area contributed by atoms with Gasteiger partial charge in [0.2, 0.25) is 5.91 Å². The highest BCUT2D eigenvalue weighted by Crippen LogP contribution is 2.25. The number of methoxy groups -OCH3 is 2. The van der Waals surface area contributed by atoms with E-state index in [1.54, 1.807) is 14.2 Å². The van der Waals surface area contributed by atoms with E-state index in [1.807, 2.05) is 43.3 Å². The van der Waals surface area contributed by atoms with Crippen LogP contribution in [0.1, 0.15) is 17.5 Å². The molecule has 134 valence electrons. The highest BCUT2D eigenvalue weighted by atomic mass is 16.5. The van der Waals surface area contributed by atoms with Gasteiger partial charge in [-0.25, -0.2) is 0 Å². The van der Waals surface area contributed by atoms with Crippen LogP contribution in [0, 0.1) is 6.92 Å². The monoisotopic (exact) mass is 343 g/mol. The molecule has 0 radical (unpaired) electrons. The van der Waals surface area contributed by atoms with Gasteiger partial charge in [0.25, 0.3) is 0 Å². The predicted octanol–water partition coefficient (Wildman–Crippen LogP) is 3.14. The Hall–Kier alpha value is -2.69. The maximum absolute atomic E-state index is 11.9. The summed E-state index contributed by atoms with van der Waals surface area (Å²) in [6, 6.07) is 13.4. The molecule has 1 N–H and O–H groups in total. The van der Waals surface area contributed by atoms with E-state index in [1.165, 1.54) is 5.56 Å². The van der Waals surface area contributed by atoms with Gasteiger partial charge in [0.1, 0.15) is 5.75 Å². The minimum Gasteiger partial charge on any atom is -0.496 e. The molecule has 5 nitrogen and oxygen atoms in total. The quantitative estimate of drug-likeness (QED) is 0.760. The van der Waals surface area contributed by atoms with Gasteiger partial charge in [0.05, 0.1) is 27.2 Å². The van der Waals surface area contributed by atoms with E-state index in [4.69, 9.17) is 14.2 Å². The van der Waals surface area contributed by atoms with Crippen LogP contribution < -0.4 is 19.5 Å². The maximum Gasteiger partial charge on any atom is 0.223 e. The normalized spacial score (nSPS) is 10.2. The van der Waals surface area contributed by atoms with Crippen LogP contribution in [0.4, 0.5) is 0 Å². The Bertz CT molecular complexity index is 700. The van der Waals surface area contributed by atoms with Crippen LogP contribution in [0.25, 0.3) is 0 Å². The second kappa shape index (κ2) is 9.57. The van der Waals surface area contributed by atoms with Gasteiger partial charge in [-0.05, 0) is 37.1 Å². The first kappa shape index (κ1) is 18.6. The molecule has 0 aliphatic rings. The Morgan fingerprint density at radius 1 is 1.00 bits per heavy atom. The fourth-order valence-corrected chi connectivity index (χ4v) is 2.52. The van der Waals surface area contributed by atoms with Gasteiger partial charge in [-0.15, -0.1) is 0 Å². The Kier molecular flexibility index (Phi) is 7.14.